The van der Waals surface area contributed by atoms with E-state index in [1.54, 1.807) is 0 Å². The van der Waals surface area contributed by atoms with Crippen LogP contribution in [0.25, 0.3) is 0 Å². The van der Waals surface area contributed by atoms with Crippen LogP contribution in [0.3, 0.4) is 0 Å². The summed E-state index contributed by atoms with van der Waals surface area (Å²) in [6.07, 6.45) is 4.39. The minimum atomic E-state index is -0.218. The van der Waals surface area contributed by atoms with E-state index in [-0.39, 0.29) is 12.1 Å². The summed E-state index contributed by atoms with van der Waals surface area (Å²) in [6, 6.07) is 3.56. The van der Waals surface area contributed by atoms with E-state index < -0.39 is 0 Å². The van der Waals surface area contributed by atoms with E-state index in [4.69, 9.17) is 16.3 Å². The highest BCUT2D eigenvalue weighted by atomic mass is 35.5. The second-order valence-electron chi connectivity index (χ2n) is 6.40. The summed E-state index contributed by atoms with van der Waals surface area (Å²) in [7, 11) is 0. The fourth-order valence-electron chi connectivity index (χ4n) is 3.40. The Labute approximate surface area is 141 Å². The second kappa shape index (κ2) is 7.41. The maximum Gasteiger partial charge on any atom is 0.315 e. The molecule has 126 valence electrons. The van der Waals surface area contributed by atoms with Crippen molar-refractivity contribution in [2.24, 2.45) is 5.92 Å². The topological polar surface area (TPSA) is 70.6 Å². The van der Waals surface area contributed by atoms with Crippen LogP contribution in [0.15, 0.2) is 12.1 Å². The van der Waals surface area contributed by atoms with Gasteiger partial charge in [0, 0.05) is 30.1 Å². The van der Waals surface area contributed by atoms with Gasteiger partial charge in [-0.15, -0.1) is 0 Å². The van der Waals surface area contributed by atoms with E-state index in [1.165, 1.54) is 0 Å². The molecule has 0 radical (unpaired) electrons. The predicted molar refractivity (Wildman–Crippen MR) is 88.9 cm³/mol. The van der Waals surface area contributed by atoms with E-state index in [1.807, 2.05) is 12.1 Å². The summed E-state index contributed by atoms with van der Waals surface area (Å²) in [6.45, 7) is 1.66. The molecule has 1 aliphatic heterocycles. The summed E-state index contributed by atoms with van der Waals surface area (Å²) in [5, 5.41) is 16.1. The number of aliphatic hydroxyl groups excluding tert-OH is 1. The molecule has 1 aliphatic carbocycles. The molecule has 0 saturated heterocycles. The first-order valence-corrected chi connectivity index (χ1v) is 8.63. The van der Waals surface area contributed by atoms with Crippen molar-refractivity contribution in [2.75, 3.05) is 13.2 Å². The molecule has 2 atom stereocenters. The molecule has 0 aromatic heterocycles. The number of carbonyl (C=O) groups excluding carboxylic acids is 1. The smallest absolute Gasteiger partial charge is 0.315 e. The lowest BCUT2D eigenvalue weighted by Crippen LogP contribution is -2.39. The Bertz CT molecular complexity index is 579. The van der Waals surface area contributed by atoms with Crippen LogP contribution < -0.4 is 15.4 Å². The first-order chi connectivity index (χ1) is 11.1. The Morgan fingerprint density at radius 3 is 3.04 bits per heavy atom. The summed E-state index contributed by atoms with van der Waals surface area (Å²) in [5.41, 5.74) is 2.01. The van der Waals surface area contributed by atoms with Gasteiger partial charge in [0.25, 0.3) is 0 Å². The number of halogens is 1. The Morgan fingerprint density at radius 1 is 1.35 bits per heavy atom. The molecule has 2 unspecified atom stereocenters. The number of urea groups is 1. The van der Waals surface area contributed by atoms with Crippen LogP contribution in [-0.2, 0) is 13.0 Å². The van der Waals surface area contributed by atoms with Gasteiger partial charge in [0.2, 0.25) is 0 Å². The van der Waals surface area contributed by atoms with Gasteiger partial charge in [0.1, 0.15) is 5.75 Å². The lowest BCUT2D eigenvalue weighted by molar-refractivity contribution is 0.101. The van der Waals surface area contributed by atoms with Gasteiger partial charge in [-0.2, -0.15) is 0 Å². The third kappa shape index (κ3) is 4.30. The molecule has 23 heavy (non-hydrogen) atoms. The second-order valence-corrected chi connectivity index (χ2v) is 6.84. The van der Waals surface area contributed by atoms with E-state index in [0.29, 0.717) is 30.6 Å². The normalized spacial score (nSPS) is 23.0. The van der Waals surface area contributed by atoms with Gasteiger partial charge < -0.3 is 20.5 Å². The quantitative estimate of drug-likeness (QED) is 0.790. The standard InChI is InChI=1S/C17H23ClN2O3/c18-14-7-12-4-5-23-16(12)13(8-14)10-20-17(22)19-9-11-2-1-3-15(21)6-11/h7-8,11,15,21H,1-6,9-10H2,(H2,19,20,22). The minimum absolute atomic E-state index is 0.197. The molecule has 2 aliphatic rings. The SMILES string of the molecule is O=C(NCc1cc(Cl)cc2c1OCC2)NCC1CCCC(O)C1. The molecule has 1 saturated carbocycles. The van der Waals surface area contributed by atoms with Crippen molar-refractivity contribution in [3.05, 3.63) is 28.3 Å². The fraction of sp³-hybridized carbons (Fsp3) is 0.588. The molecule has 1 heterocycles. The highest BCUT2D eigenvalue weighted by molar-refractivity contribution is 6.30. The molecule has 1 aromatic rings. The van der Waals surface area contributed by atoms with Gasteiger partial charge in [-0.1, -0.05) is 18.0 Å². The van der Waals surface area contributed by atoms with Crippen molar-refractivity contribution < 1.29 is 14.6 Å². The van der Waals surface area contributed by atoms with Gasteiger partial charge in [0.05, 0.1) is 12.7 Å². The summed E-state index contributed by atoms with van der Waals surface area (Å²) >= 11 is 6.11. The van der Waals surface area contributed by atoms with Gasteiger partial charge in [0.15, 0.2) is 0 Å². The van der Waals surface area contributed by atoms with Crippen LogP contribution in [0.5, 0.6) is 5.75 Å². The number of nitrogens with one attached hydrogen (secondary N) is 2. The number of amides is 2. The largest absolute Gasteiger partial charge is 0.493 e. The first-order valence-electron chi connectivity index (χ1n) is 8.25. The van der Waals surface area contributed by atoms with Crippen LogP contribution >= 0.6 is 11.6 Å². The molecule has 6 heteroatoms. The molecule has 1 fully saturated rings. The number of ether oxygens (including phenoxy) is 1. The number of fused-ring (bicyclic) bond motifs is 1. The summed E-state index contributed by atoms with van der Waals surface area (Å²) in [4.78, 5) is 12.0. The minimum Gasteiger partial charge on any atom is -0.493 e. The number of carbonyl (C=O) groups is 1. The van der Waals surface area contributed by atoms with Crippen molar-refractivity contribution >= 4 is 17.6 Å². The molecule has 1 aromatic carbocycles. The third-order valence-corrected chi connectivity index (χ3v) is 4.79. The van der Waals surface area contributed by atoms with Crippen LogP contribution in [0.4, 0.5) is 4.79 Å². The van der Waals surface area contributed by atoms with Crippen molar-refractivity contribution in [1.82, 2.24) is 10.6 Å². The lowest BCUT2D eigenvalue weighted by atomic mass is 9.87. The zero-order chi connectivity index (χ0) is 16.2. The Hall–Kier alpha value is -1.46. The summed E-state index contributed by atoms with van der Waals surface area (Å²) < 4.78 is 5.63. The lowest BCUT2D eigenvalue weighted by Gasteiger charge is -2.25. The van der Waals surface area contributed by atoms with Gasteiger partial charge in [-0.25, -0.2) is 4.79 Å². The number of rotatable bonds is 4. The fourth-order valence-corrected chi connectivity index (χ4v) is 3.66. The van der Waals surface area contributed by atoms with Gasteiger partial charge in [-0.05, 0) is 42.9 Å². The van der Waals surface area contributed by atoms with Crippen molar-refractivity contribution in [3.8, 4) is 5.75 Å². The van der Waals surface area contributed by atoms with Crippen molar-refractivity contribution in [2.45, 2.75) is 44.8 Å². The number of benzene rings is 1. The maximum atomic E-state index is 12.0. The molecule has 2 amide bonds. The number of hydrogen-bond donors (Lipinski definition) is 3. The molecular formula is C17H23ClN2O3. The zero-order valence-electron chi connectivity index (χ0n) is 13.1. The van der Waals surface area contributed by atoms with Crippen molar-refractivity contribution in [3.63, 3.8) is 0 Å². The van der Waals surface area contributed by atoms with Crippen LogP contribution in [0.1, 0.15) is 36.8 Å². The zero-order valence-corrected chi connectivity index (χ0v) is 13.9. The van der Waals surface area contributed by atoms with Crippen LogP contribution in [0, 0.1) is 5.92 Å². The van der Waals surface area contributed by atoms with Gasteiger partial charge in [-0.3, -0.25) is 0 Å². The predicted octanol–water partition coefficient (Wildman–Crippen LogP) is 2.63. The Morgan fingerprint density at radius 2 is 2.22 bits per heavy atom. The highest BCUT2D eigenvalue weighted by Gasteiger charge is 2.21. The average Bonchev–Trinajstić information content (AvgIpc) is 2.99. The molecule has 3 N–H and O–H groups in total. The molecule has 3 rings (SSSR count). The Kier molecular flexibility index (Phi) is 5.28. The van der Waals surface area contributed by atoms with E-state index in [2.05, 4.69) is 10.6 Å². The molecule has 5 nitrogen and oxygen atoms in total. The Balaban J connectivity index is 1.48. The molecule has 0 bridgehead atoms. The maximum absolute atomic E-state index is 12.0. The van der Waals surface area contributed by atoms with Crippen LogP contribution in [-0.4, -0.2) is 30.4 Å². The average molecular weight is 339 g/mol. The molecule has 0 spiro atoms. The summed E-state index contributed by atoms with van der Waals surface area (Å²) in [5.74, 6) is 1.22. The molecular weight excluding hydrogens is 316 g/mol. The van der Waals surface area contributed by atoms with Crippen LogP contribution in [0.2, 0.25) is 5.02 Å². The van der Waals surface area contributed by atoms with Crippen molar-refractivity contribution in [1.29, 1.82) is 0 Å². The monoisotopic (exact) mass is 338 g/mol. The van der Waals surface area contributed by atoms with Gasteiger partial charge >= 0.3 is 6.03 Å². The number of aliphatic hydroxyl groups is 1. The van der Waals surface area contributed by atoms with E-state index >= 15 is 0 Å². The highest BCUT2D eigenvalue weighted by Crippen LogP contribution is 2.32. The third-order valence-electron chi connectivity index (χ3n) is 4.57. The van der Waals surface area contributed by atoms with E-state index in [9.17, 15) is 9.90 Å². The van der Waals surface area contributed by atoms with E-state index in [0.717, 1.165) is 49.0 Å². The first kappa shape index (κ1) is 16.4. The number of hydrogen-bond acceptors (Lipinski definition) is 3.